The van der Waals surface area contributed by atoms with Crippen LogP contribution in [0.3, 0.4) is 0 Å². The Hall–Kier alpha value is -2.68. The highest BCUT2D eigenvalue weighted by atomic mass is 16.6. The molecule has 0 unspecified atom stereocenters. The zero-order valence-electron chi connectivity index (χ0n) is 23.1. The minimum absolute atomic E-state index is 0.370. The van der Waals surface area contributed by atoms with Gasteiger partial charge in [-0.25, -0.2) is 0 Å². The van der Waals surface area contributed by atoms with Crippen LogP contribution in [-0.4, -0.2) is 59.5 Å². The van der Waals surface area contributed by atoms with Gasteiger partial charge in [0.05, 0.1) is 6.10 Å². The van der Waals surface area contributed by atoms with Crippen LogP contribution in [-0.2, 0) is 38.1 Å². The topological polar surface area (TPSA) is 125 Å². The van der Waals surface area contributed by atoms with Gasteiger partial charge in [-0.2, -0.15) is 0 Å². The van der Waals surface area contributed by atoms with E-state index in [1.54, 1.807) is 6.92 Å². The number of carbonyl (C=O) groups is 4. The molecule has 0 saturated heterocycles. The lowest BCUT2D eigenvalue weighted by Crippen LogP contribution is -2.62. The summed E-state index contributed by atoms with van der Waals surface area (Å²) in [6.45, 7) is 17.1. The molecule has 0 heterocycles. The molecule has 206 valence electrons. The highest BCUT2D eigenvalue weighted by Gasteiger charge is 2.62. The Bertz CT molecular complexity index is 1020. The van der Waals surface area contributed by atoms with Crippen LogP contribution in [0.1, 0.15) is 74.7 Å². The first kappa shape index (κ1) is 28.9. The van der Waals surface area contributed by atoms with Crippen molar-refractivity contribution in [3.8, 4) is 0 Å². The maximum Gasteiger partial charge on any atom is 0.303 e. The highest BCUT2D eigenvalue weighted by molar-refractivity contribution is 5.69. The molecule has 37 heavy (non-hydrogen) atoms. The maximum absolute atomic E-state index is 12.5. The molecule has 2 saturated carbocycles. The Labute approximate surface area is 218 Å². The molecule has 9 heteroatoms. The molecule has 9 nitrogen and oxygen atoms in total. The molecule has 2 fully saturated rings. The number of carbonyl (C=O) groups excluding carboxylic acids is 4. The average molecular weight is 521 g/mol. The smallest absolute Gasteiger partial charge is 0.303 e. The third-order valence-corrected chi connectivity index (χ3v) is 8.68. The predicted molar refractivity (Wildman–Crippen MR) is 133 cm³/mol. The van der Waals surface area contributed by atoms with Gasteiger partial charge in [0.25, 0.3) is 0 Å². The van der Waals surface area contributed by atoms with Crippen LogP contribution in [0.15, 0.2) is 23.3 Å². The van der Waals surface area contributed by atoms with Crippen molar-refractivity contribution in [3.05, 3.63) is 23.3 Å². The van der Waals surface area contributed by atoms with Crippen molar-refractivity contribution in [2.75, 3.05) is 0 Å². The van der Waals surface area contributed by atoms with E-state index in [0.29, 0.717) is 36.0 Å². The third-order valence-electron chi connectivity index (χ3n) is 8.68. The van der Waals surface area contributed by atoms with E-state index in [-0.39, 0.29) is 5.92 Å². The number of aliphatic hydroxyl groups excluding tert-OH is 1. The minimum Gasteiger partial charge on any atom is -0.458 e. The fourth-order valence-electron chi connectivity index (χ4n) is 7.09. The molecule has 0 spiro atoms. The maximum atomic E-state index is 12.5. The second kappa shape index (κ2) is 10.2. The summed E-state index contributed by atoms with van der Waals surface area (Å²) in [4.78, 5) is 48.7. The fraction of sp³-hybridized carbons (Fsp3) is 0.714. The first-order chi connectivity index (χ1) is 17.0. The highest BCUT2D eigenvalue weighted by Crippen LogP contribution is 2.60. The first-order valence-corrected chi connectivity index (χ1v) is 12.8. The molecule has 0 aromatic heterocycles. The Kier molecular flexibility index (Phi) is 7.99. The van der Waals surface area contributed by atoms with E-state index >= 15 is 0 Å². The van der Waals surface area contributed by atoms with Crippen molar-refractivity contribution in [3.63, 3.8) is 0 Å². The van der Waals surface area contributed by atoms with Crippen molar-refractivity contribution in [1.29, 1.82) is 0 Å². The zero-order chi connectivity index (χ0) is 28.0. The van der Waals surface area contributed by atoms with Crippen molar-refractivity contribution < 1.29 is 43.2 Å². The molecule has 0 radical (unpaired) electrons. The number of ether oxygens (including phenoxy) is 4. The summed E-state index contributed by atoms with van der Waals surface area (Å²) in [5.41, 5.74) is 0.400. The summed E-state index contributed by atoms with van der Waals surface area (Å²) >= 11 is 0. The van der Waals surface area contributed by atoms with E-state index in [0.717, 1.165) is 0 Å². The number of rotatable bonds is 4. The summed E-state index contributed by atoms with van der Waals surface area (Å²) in [6, 6.07) is 0. The Morgan fingerprint density at radius 3 is 1.89 bits per heavy atom. The van der Waals surface area contributed by atoms with Crippen LogP contribution in [0.25, 0.3) is 0 Å². The molecule has 0 aromatic rings. The predicted octanol–water partition coefficient (Wildman–Crippen LogP) is 3.42. The summed E-state index contributed by atoms with van der Waals surface area (Å²) < 4.78 is 23.1. The number of hydrogen-bond donors (Lipinski definition) is 1. The summed E-state index contributed by atoms with van der Waals surface area (Å²) in [6.07, 6.45) is -3.08. The normalized spacial score (nSPS) is 36.9. The van der Waals surface area contributed by atoms with Crippen molar-refractivity contribution in [1.82, 2.24) is 0 Å². The standard InChI is InChI=1S/C28H40O9/c1-13-19-12-20-23(33)24(35-16(4)30)14(2)22(27(20,7)8)25(36-17(5)31)26(37-18(6)32)28(19,9)11-10-21(13)34-15(3)29/h19-21,23-26,33H,1,10-12H2,2-9H3/t19-,20-,21-,23-,24-,25-,26+,28-/m1/s1. The van der Waals surface area contributed by atoms with Crippen molar-refractivity contribution in [2.24, 2.45) is 22.7 Å². The quantitative estimate of drug-likeness (QED) is 0.337. The van der Waals surface area contributed by atoms with Gasteiger partial charge in [-0.1, -0.05) is 27.4 Å². The fourth-order valence-corrected chi connectivity index (χ4v) is 7.09. The van der Waals surface area contributed by atoms with Crippen LogP contribution in [0.2, 0.25) is 0 Å². The van der Waals surface area contributed by atoms with E-state index in [1.165, 1.54) is 27.7 Å². The van der Waals surface area contributed by atoms with Crippen LogP contribution in [0.4, 0.5) is 0 Å². The van der Waals surface area contributed by atoms with E-state index in [9.17, 15) is 24.3 Å². The summed E-state index contributed by atoms with van der Waals surface area (Å²) in [5, 5.41) is 11.6. The van der Waals surface area contributed by atoms with Gasteiger partial charge in [-0.05, 0) is 60.2 Å². The lowest BCUT2D eigenvalue weighted by molar-refractivity contribution is -0.191. The van der Waals surface area contributed by atoms with E-state index in [2.05, 4.69) is 6.58 Å². The molecule has 0 aromatic carbocycles. The largest absolute Gasteiger partial charge is 0.458 e. The first-order valence-electron chi connectivity index (χ1n) is 12.8. The third kappa shape index (κ3) is 5.19. The van der Waals surface area contributed by atoms with Gasteiger partial charge < -0.3 is 24.1 Å². The van der Waals surface area contributed by atoms with Gasteiger partial charge in [0.15, 0.2) is 6.10 Å². The SMILES string of the molecule is C=C1[C@H]2C[C@@H]3[C@@H](O)[C@H](OC(C)=O)C(C)=C([C@@H](OC(C)=O)[C@H](OC(C)=O)[C@]2(C)CC[C@H]1OC(C)=O)C3(C)C. The molecule has 0 amide bonds. The lowest BCUT2D eigenvalue weighted by atomic mass is 9.50. The van der Waals surface area contributed by atoms with Gasteiger partial charge in [-0.3, -0.25) is 19.2 Å². The summed E-state index contributed by atoms with van der Waals surface area (Å²) in [5.74, 6) is -2.88. The number of fused-ring (bicyclic) bond motifs is 3. The zero-order valence-corrected chi connectivity index (χ0v) is 23.1. The molecular formula is C28H40O9. The molecule has 2 bridgehead atoms. The van der Waals surface area contributed by atoms with Crippen molar-refractivity contribution in [2.45, 2.75) is 105 Å². The van der Waals surface area contributed by atoms with Gasteiger partial charge >= 0.3 is 23.9 Å². The van der Waals surface area contributed by atoms with Crippen molar-refractivity contribution >= 4 is 23.9 Å². The van der Waals surface area contributed by atoms with Gasteiger partial charge in [0, 0.05) is 33.1 Å². The molecule has 8 atom stereocenters. The molecule has 0 aliphatic heterocycles. The number of hydrogen-bond acceptors (Lipinski definition) is 9. The van der Waals surface area contributed by atoms with Crippen LogP contribution >= 0.6 is 0 Å². The lowest BCUT2D eigenvalue weighted by Gasteiger charge is -2.58. The molecule has 3 aliphatic carbocycles. The number of aliphatic hydroxyl groups is 1. The molecular weight excluding hydrogens is 480 g/mol. The van der Waals surface area contributed by atoms with Crippen LogP contribution < -0.4 is 0 Å². The van der Waals surface area contributed by atoms with E-state index in [1.807, 2.05) is 20.8 Å². The van der Waals surface area contributed by atoms with Crippen LogP contribution in [0.5, 0.6) is 0 Å². The number of esters is 4. The second-order valence-corrected chi connectivity index (χ2v) is 11.5. The monoisotopic (exact) mass is 520 g/mol. The van der Waals surface area contributed by atoms with Gasteiger partial charge in [-0.15, -0.1) is 0 Å². The van der Waals surface area contributed by atoms with Gasteiger partial charge in [0.2, 0.25) is 0 Å². The Balaban J connectivity index is 2.32. The second-order valence-electron chi connectivity index (χ2n) is 11.5. The van der Waals surface area contributed by atoms with E-state index < -0.39 is 71.1 Å². The Morgan fingerprint density at radius 2 is 1.38 bits per heavy atom. The minimum atomic E-state index is -1.04. The average Bonchev–Trinajstić information content (AvgIpc) is 2.74. The molecule has 3 rings (SSSR count). The van der Waals surface area contributed by atoms with Gasteiger partial charge in [0.1, 0.15) is 18.3 Å². The summed E-state index contributed by atoms with van der Waals surface area (Å²) in [7, 11) is 0. The van der Waals surface area contributed by atoms with E-state index in [4.69, 9.17) is 18.9 Å². The molecule has 3 aliphatic rings. The van der Waals surface area contributed by atoms with Crippen LogP contribution in [0, 0.1) is 22.7 Å². The Morgan fingerprint density at radius 1 is 0.865 bits per heavy atom. The molecule has 1 N–H and O–H groups in total.